The predicted molar refractivity (Wildman–Crippen MR) is 197 cm³/mol. The Morgan fingerprint density at radius 2 is 1.63 bits per heavy atom. The van der Waals surface area contributed by atoms with E-state index in [1.165, 1.54) is 5.56 Å². The van der Waals surface area contributed by atoms with Crippen molar-refractivity contribution in [2.24, 2.45) is 7.05 Å². The summed E-state index contributed by atoms with van der Waals surface area (Å²) in [5, 5.41) is 12.9. The minimum Gasteiger partial charge on any atom is -0.489 e. The number of nitrogens with one attached hydrogen (secondary N) is 1. The molecule has 2 amide bonds. The standard InChI is InChI=1S/C42H41N5O4/c1-29-38(41(48)44-34-13-15-36(16-14-34)51-28-30-8-4-3-5-9-30)24-40(45(29)2)39-22-31(25-43)12-17-37(39)42(49)47-26-33-11-7-6-10-32(33)23-35(47)27-46-18-20-50-21-19-46/h3-17,22,24,35H,18-21,23,26-28H2,1-2H3,(H,44,48). The van der Waals surface area contributed by atoms with E-state index in [0.717, 1.165) is 42.9 Å². The van der Waals surface area contributed by atoms with E-state index >= 15 is 0 Å². The molecule has 0 bridgehead atoms. The van der Waals surface area contributed by atoms with Crippen molar-refractivity contribution in [1.82, 2.24) is 14.4 Å². The first-order valence-corrected chi connectivity index (χ1v) is 17.3. The van der Waals surface area contributed by atoms with Crippen LogP contribution < -0.4 is 10.1 Å². The zero-order valence-electron chi connectivity index (χ0n) is 29.0. The molecule has 5 aromatic rings. The Balaban J connectivity index is 1.14. The smallest absolute Gasteiger partial charge is 0.257 e. The minimum absolute atomic E-state index is 0.0272. The fourth-order valence-corrected chi connectivity index (χ4v) is 7.00. The van der Waals surface area contributed by atoms with Crippen LogP contribution in [0.5, 0.6) is 5.75 Å². The minimum atomic E-state index is -0.269. The molecule has 1 unspecified atom stereocenters. The normalized spacial score (nSPS) is 15.9. The summed E-state index contributed by atoms with van der Waals surface area (Å²) in [4.78, 5) is 32.7. The van der Waals surface area contributed by atoms with Gasteiger partial charge >= 0.3 is 0 Å². The number of nitriles is 1. The van der Waals surface area contributed by atoms with E-state index in [1.807, 2.05) is 90.2 Å². The van der Waals surface area contributed by atoms with Crippen LogP contribution >= 0.6 is 0 Å². The summed E-state index contributed by atoms with van der Waals surface area (Å²) in [6.45, 7) is 6.64. The Bertz CT molecular complexity index is 2080. The molecule has 2 aliphatic rings. The van der Waals surface area contributed by atoms with Gasteiger partial charge in [0.15, 0.2) is 0 Å². The largest absolute Gasteiger partial charge is 0.489 e. The van der Waals surface area contributed by atoms with Gasteiger partial charge in [0, 0.05) is 67.5 Å². The molecule has 9 heteroatoms. The summed E-state index contributed by atoms with van der Waals surface area (Å²) in [5.41, 5.74) is 7.58. The number of ether oxygens (including phenoxy) is 2. The van der Waals surface area contributed by atoms with Crippen molar-refractivity contribution in [1.29, 1.82) is 5.26 Å². The number of benzene rings is 4. The van der Waals surface area contributed by atoms with Crippen molar-refractivity contribution in [3.63, 3.8) is 0 Å². The van der Waals surface area contributed by atoms with E-state index in [2.05, 4.69) is 34.5 Å². The van der Waals surface area contributed by atoms with E-state index in [9.17, 15) is 14.9 Å². The van der Waals surface area contributed by atoms with Crippen LogP contribution in [0.25, 0.3) is 11.3 Å². The van der Waals surface area contributed by atoms with Gasteiger partial charge in [-0.05, 0) is 78.6 Å². The lowest BCUT2D eigenvalue weighted by Crippen LogP contribution is -2.52. The first-order valence-electron chi connectivity index (χ1n) is 17.3. The molecular formula is C42H41N5O4. The van der Waals surface area contributed by atoms with Crippen molar-refractivity contribution in [2.75, 3.05) is 38.2 Å². The van der Waals surface area contributed by atoms with E-state index in [4.69, 9.17) is 9.47 Å². The summed E-state index contributed by atoms with van der Waals surface area (Å²) in [5.74, 6) is 0.338. The fourth-order valence-electron chi connectivity index (χ4n) is 7.00. The molecule has 7 rings (SSSR count). The van der Waals surface area contributed by atoms with Gasteiger partial charge in [0.25, 0.3) is 11.8 Å². The maximum atomic E-state index is 14.7. The lowest BCUT2D eigenvalue weighted by molar-refractivity contribution is 0.0193. The van der Waals surface area contributed by atoms with Crippen LogP contribution in [0.2, 0.25) is 0 Å². The Hall–Kier alpha value is -5.69. The highest BCUT2D eigenvalue weighted by molar-refractivity contribution is 6.07. The molecule has 0 radical (unpaired) electrons. The highest BCUT2D eigenvalue weighted by atomic mass is 16.5. The molecule has 2 aliphatic heterocycles. The number of carbonyl (C=O) groups is 2. The Labute approximate surface area is 298 Å². The van der Waals surface area contributed by atoms with Crippen molar-refractivity contribution in [3.05, 3.63) is 142 Å². The molecule has 1 N–H and O–H groups in total. The monoisotopic (exact) mass is 679 g/mol. The fraction of sp³-hybridized carbons (Fsp3) is 0.262. The van der Waals surface area contributed by atoms with Gasteiger partial charge in [-0.1, -0.05) is 54.6 Å². The second-order valence-corrected chi connectivity index (χ2v) is 13.2. The van der Waals surface area contributed by atoms with E-state index in [-0.39, 0.29) is 17.9 Å². The molecule has 1 atom stereocenters. The van der Waals surface area contributed by atoms with Gasteiger partial charge in [0.2, 0.25) is 0 Å². The van der Waals surface area contributed by atoms with Crippen LogP contribution in [-0.4, -0.2) is 65.1 Å². The lowest BCUT2D eigenvalue weighted by atomic mass is 9.91. The Morgan fingerprint density at radius 1 is 0.902 bits per heavy atom. The van der Waals surface area contributed by atoms with Crippen LogP contribution in [0.3, 0.4) is 0 Å². The molecule has 9 nitrogen and oxygen atoms in total. The third-order valence-electron chi connectivity index (χ3n) is 9.98. The number of morpholine rings is 1. The van der Waals surface area contributed by atoms with Crippen molar-refractivity contribution in [3.8, 4) is 23.1 Å². The summed E-state index contributed by atoms with van der Waals surface area (Å²) in [6, 6.07) is 34.8. The van der Waals surface area contributed by atoms with Crippen LogP contribution in [0, 0.1) is 18.3 Å². The zero-order valence-corrected chi connectivity index (χ0v) is 29.0. The molecule has 51 heavy (non-hydrogen) atoms. The van der Waals surface area contributed by atoms with Crippen LogP contribution in [0.4, 0.5) is 5.69 Å². The van der Waals surface area contributed by atoms with Gasteiger partial charge < -0.3 is 24.3 Å². The maximum absolute atomic E-state index is 14.7. The highest BCUT2D eigenvalue weighted by Crippen LogP contribution is 2.33. The first-order chi connectivity index (χ1) is 24.9. The molecule has 1 fully saturated rings. The molecule has 1 aromatic heterocycles. The van der Waals surface area contributed by atoms with Gasteiger partial charge in [0.1, 0.15) is 12.4 Å². The van der Waals surface area contributed by atoms with Crippen LogP contribution in [0.1, 0.15) is 48.7 Å². The van der Waals surface area contributed by atoms with Crippen LogP contribution in [-0.2, 0) is 31.4 Å². The van der Waals surface area contributed by atoms with E-state index in [1.54, 1.807) is 18.2 Å². The van der Waals surface area contributed by atoms with Crippen molar-refractivity contribution in [2.45, 2.75) is 32.5 Å². The molecule has 4 aromatic carbocycles. The predicted octanol–water partition coefficient (Wildman–Crippen LogP) is 6.60. The van der Waals surface area contributed by atoms with Crippen molar-refractivity contribution < 1.29 is 19.1 Å². The SMILES string of the molecule is Cc1c(C(=O)Nc2ccc(OCc3ccccc3)cc2)cc(-c2cc(C#N)ccc2C(=O)N2Cc3ccccc3CC2CN2CCOCC2)n1C. The van der Waals surface area contributed by atoms with Crippen LogP contribution in [0.15, 0.2) is 103 Å². The molecule has 3 heterocycles. The third-order valence-corrected chi connectivity index (χ3v) is 9.98. The molecule has 0 saturated carbocycles. The third kappa shape index (κ3) is 7.43. The second-order valence-electron chi connectivity index (χ2n) is 13.2. The second kappa shape index (κ2) is 15.1. The average molecular weight is 680 g/mol. The summed E-state index contributed by atoms with van der Waals surface area (Å²) < 4.78 is 13.4. The number of hydrogen-bond donors (Lipinski definition) is 1. The lowest BCUT2D eigenvalue weighted by Gasteiger charge is -2.40. The van der Waals surface area contributed by atoms with E-state index in [0.29, 0.717) is 65.8 Å². The molecular weight excluding hydrogens is 638 g/mol. The summed E-state index contributed by atoms with van der Waals surface area (Å²) >= 11 is 0. The number of amides is 2. The Morgan fingerprint density at radius 3 is 2.37 bits per heavy atom. The quantitative estimate of drug-likeness (QED) is 0.189. The van der Waals surface area contributed by atoms with Gasteiger partial charge in [-0.3, -0.25) is 14.5 Å². The Kier molecular flexibility index (Phi) is 9.97. The molecule has 0 spiro atoms. The first kappa shape index (κ1) is 33.8. The highest BCUT2D eigenvalue weighted by Gasteiger charge is 2.33. The maximum Gasteiger partial charge on any atom is 0.257 e. The summed E-state index contributed by atoms with van der Waals surface area (Å²) in [6.07, 6.45) is 0.762. The number of aromatic nitrogens is 1. The molecule has 1 saturated heterocycles. The molecule has 0 aliphatic carbocycles. The average Bonchev–Trinajstić information content (AvgIpc) is 3.47. The number of rotatable bonds is 9. The van der Waals surface area contributed by atoms with Crippen molar-refractivity contribution >= 4 is 17.5 Å². The zero-order chi connectivity index (χ0) is 35.3. The number of nitrogens with zero attached hydrogens (tertiary/aromatic N) is 4. The van der Waals surface area contributed by atoms with Gasteiger partial charge in [-0.15, -0.1) is 0 Å². The number of anilines is 1. The molecule has 258 valence electrons. The van der Waals surface area contributed by atoms with Gasteiger partial charge in [-0.25, -0.2) is 0 Å². The van der Waals surface area contributed by atoms with Gasteiger partial charge in [-0.2, -0.15) is 5.26 Å². The van der Waals surface area contributed by atoms with Gasteiger partial charge in [0.05, 0.1) is 30.4 Å². The number of carbonyl (C=O) groups excluding carboxylic acids is 2. The van der Waals surface area contributed by atoms with E-state index < -0.39 is 0 Å². The number of fused-ring (bicyclic) bond motifs is 1. The topological polar surface area (TPSA) is 99.8 Å². The summed E-state index contributed by atoms with van der Waals surface area (Å²) in [7, 11) is 1.88. The number of hydrogen-bond acceptors (Lipinski definition) is 6.